The Labute approximate surface area is 234 Å². The van der Waals surface area contributed by atoms with Crippen LogP contribution in [0.3, 0.4) is 0 Å². The minimum absolute atomic E-state index is 0.0784. The maximum Gasteiger partial charge on any atom is 0.264 e. The van der Waals surface area contributed by atoms with Crippen molar-refractivity contribution >= 4 is 43.5 Å². The van der Waals surface area contributed by atoms with Gasteiger partial charge >= 0.3 is 0 Å². The minimum Gasteiger partial charge on any atom is -0.352 e. The van der Waals surface area contributed by atoms with Gasteiger partial charge in [-0.25, -0.2) is 8.42 Å². The molecule has 1 atom stereocenters. The van der Waals surface area contributed by atoms with E-state index in [0.29, 0.717) is 5.69 Å². The monoisotopic (exact) mass is 599 g/mol. The van der Waals surface area contributed by atoms with Crippen LogP contribution >= 0.6 is 15.9 Å². The first kappa shape index (κ1) is 29.4. The zero-order valence-electron chi connectivity index (χ0n) is 22.3. The molecule has 9 heteroatoms. The lowest BCUT2D eigenvalue weighted by molar-refractivity contribution is -0.139. The van der Waals surface area contributed by atoms with Crippen molar-refractivity contribution in [1.29, 1.82) is 0 Å². The molecule has 0 saturated carbocycles. The first-order valence-electron chi connectivity index (χ1n) is 12.4. The maximum atomic E-state index is 13.9. The number of halogens is 1. The number of rotatable bonds is 10. The molecule has 0 aliphatic heterocycles. The van der Waals surface area contributed by atoms with E-state index in [4.69, 9.17) is 0 Å². The highest BCUT2D eigenvalue weighted by Crippen LogP contribution is 2.26. The topological polar surface area (TPSA) is 86.8 Å². The Morgan fingerprint density at radius 1 is 0.895 bits per heavy atom. The largest absolute Gasteiger partial charge is 0.352 e. The summed E-state index contributed by atoms with van der Waals surface area (Å²) in [5, 5.41) is 2.86. The van der Waals surface area contributed by atoms with Gasteiger partial charge in [-0.1, -0.05) is 63.5 Å². The zero-order chi connectivity index (χ0) is 28.0. The van der Waals surface area contributed by atoms with Crippen molar-refractivity contribution in [1.82, 2.24) is 10.2 Å². The van der Waals surface area contributed by atoms with Crippen molar-refractivity contribution in [3.05, 3.63) is 94.0 Å². The van der Waals surface area contributed by atoms with Crippen molar-refractivity contribution in [3.63, 3.8) is 0 Å². The molecular weight excluding hydrogens is 566 g/mol. The van der Waals surface area contributed by atoms with Crippen LogP contribution < -0.4 is 9.62 Å². The van der Waals surface area contributed by atoms with Gasteiger partial charge < -0.3 is 10.2 Å². The number of hydrogen-bond donors (Lipinski definition) is 1. The third-order valence-electron chi connectivity index (χ3n) is 6.04. The van der Waals surface area contributed by atoms with Gasteiger partial charge in [0.05, 0.1) is 10.6 Å². The van der Waals surface area contributed by atoms with E-state index < -0.39 is 28.5 Å². The second-order valence-electron chi connectivity index (χ2n) is 9.65. The first-order valence-corrected chi connectivity index (χ1v) is 14.6. The van der Waals surface area contributed by atoms with Crippen LogP contribution in [0, 0.1) is 13.8 Å². The second-order valence-corrected chi connectivity index (χ2v) is 12.4. The Hall–Kier alpha value is -3.17. The van der Waals surface area contributed by atoms with Gasteiger partial charge in [0.25, 0.3) is 10.0 Å². The lowest BCUT2D eigenvalue weighted by Crippen LogP contribution is -2.52. The lowest BCUT2D eigenvalue weighted by atomic mass is 10.1. The molecule has 1 N–H and O–H groups in total. The maximum absolute atomic E-state index is 13.9. The molecule has 0 aliphatic carbocycles. The van der Waals surface area contributed by atoms with Crippen LogP contribution in [-0.4, -0.2) is 43.8 Å². The fraction of sp³-hybridized carbons (Fsp3) is 0.310. The third-order valence-corrected chi connectivity index (χ3v) is 8.35. The molecule has 0 spiro atoms. The number of benzene rings is 3. The quantitative estimate of drug-likeness (QED) is 0.347. The fourth-order valence-electron chi connectivity index (χ4n) is 3.97. The van der Waals surface area contributed by atoms with Crippen molar-refractivity contribution in [2.75, 3.05) is 10.8 Å². The Morgan fingerprint density at radius 2 is 1.53 bits per heavy atom. The number of carbonyl (C=O) groups excluding carboxylic acids is 2. The normalized spacial score (nSPS) is 12.2. The van der Waals surface area contributed by atoms with Crippen LogP contribution in [-0.2, 0) is 26.2 Å². The van der Waals surface area contributed by atoms with Gasteiger partial charge in [0.15, 0.2) is 0 Å². The van der Waals surface area contributed by atoms with Gasteiger partial charge in [-0.05, 0) is 76.6 Å². The van der Waals surface area contributed by atoms with E-state index in [1.807, 2.05) is 52.0 Å². The number of aryl methyl sites for hydroxylation is 2. The zero-order valence-corrected chi connectivity index (χ0v) is 24.7. The number of carbonyl (C=O) groups is 2. The highest BCUT2D eigenvalue weighted by Gasteiger charge is 2.32. The summed E-state index contributed by atoms with van der Waals surface area (Å²) in [7, 11) is -4.09. The minimum atomic E-state index is -4.09. The molecule has 0 bridgehead atoms. The Bertz CT molecular complexity index is 1370. The lowest BCUT2D eigenvalue weighted by Gasteiger charge is -2.32. The van der Waals surface area contributed by atoms with E-state index in [1.165, 1.54) is 17.0 Å². The van der Waals surface area contributed by atoms with Gasteiger partial charge in [-0.15, -0.1) is 0 Å². The van der Waals surface area contributed by atoms with Crippen molar-refractivity contribution in [2.45, 2.75) is 58.1 Å². The van der Waals surface area contributed by atoms with E-state index in [1.54, 1.807) is 43.3 Å². The number of amides is 2. The molecule has 0 heterocycles. The molecule has 0 radical (unpaired) electrons. The van der Waals surface area contributed by atoms with Crippen molar-refractivity contribution in [3.8, 4) is 0 Å². The molecule has 3 rings (SSSR count). The van der Waals surface area contributed by atoms with Crippen LogP contribution in [0.25, 0.3) is 0 Å². The smallest absolute Gasteiger partial charge is 0.264 e. The molecule has 38 heavy (non-hydrogen) atoms. The number of nitrogens with one attached hydrogen (secondary N) is 1. The van der Waals surface area contributed by atoms with Crippen LogP contribution in [0.2, 0.25) is 0 Å². The number of sulfonamides is 1. The summed E-state index contributed by atoms with van der Waals surface area (Å²) in [5.74, 6) is -0.797. The highest BCUT2D eigenvalue weighted by molar-refractivity contribution is 9.10. The fourth-order valence-corrected chi connectivity index (χ4v) is 5.65. The van der Waals surface area contributed by atoms with Gasteiger partial charge in [0, 0.05) is 17.1 Å². The second kappa shape index (κ2) is 12.6. The van der Waals surface area contributed by atoms with Crippen LogP contribution in [0.1, 0.15) is 37.5 Å². The molecule has 0 aliphatic rings. The molecule has 0 saturated heterocycles. The summed E-state index contributed by atoms with van der Waals surface area (Å²) in [4.78, 5) is 28.3. The number of anilines is 1. The molecule has 0 fully saturated rings. The summed E-state index contributed by atoms with van der Waals surface area (Å²) < 4.78 is 29.5. The molecule has 202 valence electrons. The average Bonchev–Trinajstić information content (AvgIpc) is 2.86. The molecular formula is C29H34BrN3O4S. The summed E-state index contributed by atoms with van der Waals surface area (Å²) in [6.07, 6.45) is 0. The molecule has 2 amide bonds. The molecule has 3 aromatic rings. The average molecular weight is 601 g/mol. The summed E-state index contributed by atoms with van der Waals surface area (Å²) in [5.41, 5.74) is 3.13. The summed E-state index contributed by atoms with van der Waals surface area (Å²) >= 11 is 3.38. The predicted molar refractivity (Wildman–Crippen MR) is 154 cm³/mol. The van der Waals surface area contributed by atoms with Gasteiger partial charge in [0.1, 0.15) is 12.6 Å². The van der Waals surface area contributed by atoms with Gasteiger partial charge in [-0.2, -0.15) is 0 Å². The molecule has 3 aromatic carbocycles. The van der Waals surface area contributed by atoms with E-state index in [9.17, 15) is 18.0 Å². The number of nitrogens with zero attached hydrogens (tertiary/aromatic N) is 2. The third kappa shape index (κ3) is 7.45. The number of hydrogen-bond acceptors (Lipinski definition) is 4. The van der Waals surface area contributed by atoms with E-state index in [0.717, 1.165) is 25.5 Å². The standard InChI is InChI=1S/C29H34BrN3O4S/c1-20(2)31-29(35)23(5)32(18-24-8-6-7-22(4)17-24)28(34)19-33(26-13-11-25(30)12-14-26)38(36,37)27-15-9-21(3)10-16-27/h6-17,20,23H,18-19H2,1-5H3,(H,31,35)/t23-/m0/s1. The molecule has 0 unspecified atom stereocenters. The molecule has 7 nitrogen and oxygen atoms in total. The Kier molecular flexibility index (Phi) is 9.73. The van der Waals surface area contributed by atoms with Crippen LogP contribution in [0.4, 0.5) is 5.69 Å². The predicted octanol–water partition coefficient (Wildman–Crippen LogP) is 5.20. The Balaban J connectivity index is 2.02. The Morgan fingerprint density at radius 3 is 2.11 bits per heavy atom. The van der Waals surface area contributed by atoms with E-state index in [2.05, 4.69) is 21.2 Å². The summed E-state index contributed by atoms with van der Waals surface area (Å²) in [6, 6.07) is 20.0. The van der Waals surface area contributed by atoms with Crippen molar-refractivity contribution in [2.24, 2.45) is 0 Å². The van der Waals surface area contributed by atoms with Crippen molar-refractivity contribution < 1.29 is 18.0 Å². The van der Waals surface area contributed by atoms with E-state index in [-0.39, 0.29) is 23.4 Å². The van der Waals surface area contributed by atoms with E-state index >= 15 is 0 Å². The summed E-state index contributed by atoms with van der Waals surface area (Å²) in [6.45, 7) is 8.87. The SMILES string of the molecule is Cc1ccc(S(=O)(=O)N(CC(=O)N(Cc2cccc(C)c2)[C@@H](C)C(=O)NC(C)C)c2ccc(Br)cc2)cc1. The first-order chi connectivity index (χ1) is 17.9. The van der Waals surface area contributed by atoms with Gasteiger partial charge in [-0.3, -0.25) is 13.9 Å². The molecule has 0 aromatic heterocycles. The van der Waals surface area contributed by atoms with Gasteiger partial charge in [0.2, 0.25) is 11.8 Å². The highest BCUT2D eigenvalue weighted by atomic mass is 79.9. The van der Waals surface area contributed by atoms with Crippen LogP contribution in [0.5, 0.6) is 0 Å². The van der Waals surface area contributed by atoms with Crippen LogP contribution in [0.15, 0.2) is 82.2 Å².